The lowest BCUT2D eigenvalue weighted by Gasteiger charge is -2.23. The van der Waals surface area contributed by atoms with E-state index in [2.05, 4.69) is 32.1 Å². The van der Waals surface area contributed by atoms with Gasteiger partial charge in [-0.25, -0.2) is 9.67 Å². The van der Waals surface area contributed by atoms with Crippen LogP contribution in [0.1, 0.15) is 25.8 Å². The van der Waals surface area contributed by atoms with Gasteiger partial charge in [-0.15, -0.1) is 5.10 Å². The molecule has 0 amide bonds. The van der Waals surface area contributed by atoms with Crippen molar-refractivity contribution in [2.75, 3.05) is 13.1 Å². The highest BCUT2D eigenvalue weighted by molar-refractivity contribution is 5.48. The Morgan fingerprint density at radius 3 is 3.00 bits per heavy atom. The fourth-order valence-corrected chi connectivity index (χ4v) is 2.52. The first-order chi connectivity index (χ1) is 8.90. The van der Waals surface area contributed by atoms with Crippen LogP contribution in [0.2, 0.25) is 0 Å². The second-order valence-electron chi connectivity index (χ2n) is 4.58. The van der Waals surface area contributed by atoms with Gasteiger partial charge in [0.05, 0.1) is 12.2 Å². The standard InChI is InChI=1S/C12H18N6/c1-2-17-8-7-14-12(17)11-9-15-16-18(11)10-3-5-13-6-4-10/h7-10,13H,2-6H2,1H3. The van der Waals surface area contributed by atoms with E-state index >= 15 is 0 Å². The van der Waals surface area contributed by atoms with Crippen molar-refractivity contribution in [3.8, 4) is 11.5 Å². The molecule has 1 aliphatic rings. The maximum absolute atomic E-state index is 4.43. The fourth-order valence-electron chi connectivity index (χ4n) is 2.52. The van der Waals surface area contributed by atoms with Gasteiger partial charge in [0.1, 0.15) is 5.69 Å². The van der Waals surface area contributed by atoms with Crippen LogP contribution in [0.5, 0.6) is 0 Å². The van der Waals surface area contributed by atoms with Gasteiger partial charge in [0, 0.05) is 18.9 Å². The molecule has 18 heavy (non-hydrogen) atoms. The Labute approximate surface area is 106 Å². The van der Waals surface area contributed by atoms with Gasteiger partial charge in [-0.05, 0) is 32.9 Å². The molecule has 2 aromatic heterocycles. The van der Waals surface area contributed by atoms with E-state index in [9.17, 15) is 0 Å². The van der Waals surface area contributed by atoms with Gasteiger partial charge in [-0.2, -0.15) is 0 Å². The molecule has 0 bridgehead atoms. The molecule has 1 saturated heterocycles. The van der Waals surface area contributed by atoms with Crippen molar-refractivity contribution in [1.29, 1.82) is 0 Å². The van der Waals surface area contributed by atoms with Gasteiger partial charge in [0.15, 0.2) is 5.82 Å². The van der Waals surface area contributed by atoms with Crippen LogP contribution in [0.25, 0.3) is 11.5 Å². The number of nitrogens with one attached hydrogen (secondary N) is 1. The molecule has 96 valence electrons. The predicted molar refractivity (Wildman–Crippen MR) is 68.1 cm³/mol. The van der Waals surface area contributed by atoms with E-state index < -0.39 is 0 Å². The molecule has 0 atom stereocenters. The highest BCUT2D eigenvalue weighted by Crippen LogP contribution is 2.24. The Hall–Kier alpha value is -1.69. The lowest BCUT2D eigenvalue weighted by Crippen LogP contribution is -2.30. The molecule has 6 heteroatoms. The zero-order valence-corrected chi connectivity index (χ0v) is 10.6. The van der Waals surface area contributed by atoms with E-state index in [4.69, 9.17) is 0 Å². The number of imidazole rings is 1. The summed E-state index contributed by atoms with van der Waals surface area (Å²) in [4.78, 5) is 4.43. The van der Waals surface area contributed by atoms with Crippen LogP contribution in [0.4, 0.5) is 0 Å². The van der Waals surface area contributed by atoms with Crippen LogP contribution in [0.15, 0.2) is 18.6 Å². The normalized spacial score (nSPS) is 17.2. The van der Waals surface area contributed by atoms with Crippen molar-refractivity contribution in [3.63, 3.8) is 0 Å². The highest BCUT2D eigenvalue weighted by Gasteiger charge is 2.21. The number of rotatable bonds is 3. The van der Waals surface area contributed by atoms with Gasteiger partial charge in [-0.1, -0.05) is 5.21 Å². The second kappa shape index (κ2) is 4.89. The van der Waals surface area contributed by atoms with Gasteiger partial charge in [-0.3, -0.25) is 0 Å². The molecule has 0 spiro atoms. The lowest BCUT2D eigenvalue weighted by atomic mass is 10.1. The number of aromatic nitrogens is 5. The topological polar surface area (TPSA) is 60.6 Å². The van der Waals surface area contributed by atoms with E-state index in [0.717, 1.165) is 44.0 Å². The van der Waals surface area contributed by atoms with Gasteiger partial charge in [0.25, 0.3) is 0 Å². The minimum atomic E-state index is 0.436. The maximum atomic E-state index is 4.43. The molecule has 1 N–H and O–H groups in total. The third-order valence-electron chi connectivity index (χ3n) is 3.51. The molecule has 1 fully saturated rings. The quantitative estimate of drug-likeness (QED) is 0.880. The van der Waals surface area contributed by atoms with Gasteiger partial charge >= 0.3 is 0 Å². The van der Waals surface area contributed by atoms with E-state index in [1.165, 1.54) is 0 Å². The molecule has 3 heterocycles. The van der Waals surface area contributed by atoms with Crippen molar-refractivity contribution in [3.05, 3.63) is 18.6 Å². The number of hydrogen-bond acceptors (Lipinski definition) is 4. The minimum Gasteiger partial charge on any atom is -0.330 e. The van der Waals surface area contributed by atoms with E-state index in [1.807, 2.05) is 23.3 Å². The summed E-state index contributed by atoms with van der Waals surface area (Å²) in [5.41, 5.74) is 1.02. The van der Waals surface area contributed by atoms with Crippen molar-refractivity contribution in [2.24, 2.45) is 0 Å². The maximum Gasteiger partial charge on any atom is 0.159 e. The predicted octanol–water partition coefficient (Wildman–Crippen LogP) is 1.09. The van der Waals surface area contributed by atoms with E-state index in [-0.39, 0.29) is 0 Å². The molecule has 0 aliphatic carbocycles. The number of nitrogens with zero attached hydrogens (tertiary/aromatic N) is 5. The average Bonchev–Trinajstić information content (AvgIpc) is 3.07. The van der Waals surface area contributed by atoms with Gasteiger partial charge < -0.3 is 9.88 Å². The van der Waals surface area contributed by atoms with E-state index in [0.29, 0.717) is 6.04 Å². The molecule has 0 unspecified atom stereocenters. The second-order valence-corrected chi connectivity index (χ2v) is 4.58. The molecule has 0 aromatic carbocycles. The summed E-state index contributed by atoms with van der Waals surface area (Å²) in [5, 5.41) is 11.7. The van der Waals surface area contributed by atoms with Crippen LogP contribution in [0, 0.1) is 0 Å². The number of piperidine rings is 1. The van der Waals surface area contributed by atoms with Gasteiger partial charge in [0.2, 0.25) is 0 Å². The Balaban J connectivity index is 1.95. The van der Waals surface area contributed by atoms with Crippen molar-refractivity contribution in [1.82, 2.24) is 29.9 Å². The average molecular weight is 246 g/mol. The summed E-state index contributed by atoms with van der Waals surface area (Å²) >= 11 is 0. The largest absolute Gasteiger partial charge is 0.330 e. The third kappa shape index (κ3) is 1.92. The summed E-state index contributed by atoms with van der Waals surface area (Å²) in [6, 6.07) is 0.436. The Kier molecular flexibility index (Phi) is 3.10. The summed E-state index contributed by atoms with van der Waals surface area (Å²) < 4.78 is 4.16. The molecule has 3 rings (SSSR count). The minimum absolute atomic E-state index is 0.436. The number of aryl methyl sites for hydroxylation is 1. The fraction of sp³-hybridized carbons (Fsp3) is 0.583. The van der Waals surface area contributed by atoms with Crippen LogP contribution >= 0.6 is 0 Å². The summed E-state index contributed by atoms with van der Waals surface area (Å²) in [6.07, 6.45) is 7.84. The molecule has 6 nitrogen and oxygen atoms in total. The zero-order chi connectivity index (χ0) is 12.4. The Morgan fingerprint density at radius 1 is 1.39 bits per heavy atom. The van der Waals surface area contributed by atoms with Crippen LogP contribution in [0.3, 0.4) is 0 Å². The molecular formula is C12H18N6. The smallest absolute Gasteiger partial charge is 0.159 e. The summed E-state index contributed by atoms with van der Waals surface area (Å²) in [5.74, 6) is 0.959. The lowest BCUT2D eigenvalue weighted by molar-refractivity contribution is 0.339. The number of hydrogen-bond donors (Lipinski definition) is 1. The van der Waals surface area contributed by atoms with Crippen molar-refractivity contribution < 1.29 is 0 Å². The van der Waals surface area contributed by atoms with E-state index in [1.54, 1.807) is 0 Å². The Morgan fingerprint density at radius 2 is 2.22 bits per heavy atom. The molecule has 0 saturated carbocycles. The summed E-state index contributed by atoms with van der Waals surface area (Å²) in [6.45, 7) is 5.12. The van der Waals surface area contributed by atoms with Crippen molar-refractivity contribution >= 4 is 0 Å². The van der Waals surface area contributed by atoms with Crippen molar-refractivity contribution in [2.45, 2.75) is 32.4 Å². The first-order valence-electron chi connectivity index (χ1n) is 6.52. The summed E-state index contributed by atoms with van der Waals surface area (Å²) in [7, 11) is 0. The molecule has 0 radical (unpaired) electrons. The third-order valence-corrected chi connectivity index (χ3v) is 3.51. The highest BCUT2D eigenvalue weighted by atomic mass is 15.4. The van der Waals surface area contributed by atoms with Crippen LogP contribution in [-0.2, 0) is 6.54 Å². The SMILES string of the molecule is CCn1ccnc1-c1cnnn1C1CCNCC1. The first kappa shape index (κ1) is 11.4. The van der Waals surface area contributed by atoms with Crippen LogP contribution in [-0.4, -0.2) is 37.6 Å². The van der Waals surface area contributed by atoms with Crippen LogP contribution < -0.4 is 5.32 Å². The molecule has 2 aromatic rings. The monoisotopic (exact) mass is 246 g/mol. The molecule has 1 aliphatic heterocycles. The first-order valence-corrected chi connectivity index (χ1v) is 6.52. The zero-order valence-electron chi connectivity index (χ0n) is 10.6. The molecular weight excluding hydrogens is 228 g/mol. The Bertz CT molecular complexity index is 508.